The lowest BCUT2D eigenvalue weighted by Gasteiger charge is -2.43. The number of carbonyl (C=O) groups is 4. The van der Waals surface area contributed by atoms with Crippen LogP contribution < -0.4 is 14.9 Å². The highest BCUT2D eigenvalue weighted by atomic mass is 32.2. The fourth-order valence-corrected chi connectivity index (χ4v) is 11.1. The number of carboxylic acids is 1. The molecule has 10 nitrogen and oxygen atoms in total. The number of amides is 3. The van der Waals surface area contributed by atoms with Crippen molar-refractivity contribution in [3.8, 4) is 5.75 Å². The number of aryl methyl sites for hydroxylation is 1. The summed E-state index contributed by atoms with van der Waals surface area (Å²) in [7, 11) is 0. The maximum Gasteiger partial charge on any atom is 0.327 e. The van der Waals surface area contributed by atoms with Gasteiger partial charge in [-0.15, -0.1) is 11.8 Å². The summed E-state index contributed by atoms with van der Waals surface area (Å²) >= 11 is 2.76. The number of hydrogen-bond donors (Lipinski definition) is 3. The summed E-state index contributed by atoms with van der Waals surface area (Å²) in [5, 5.41) is 13.5. The number of aromatic nitrogens is 1. The molecule has 234 valence electrons. The topological polar surface area (TPSA) is 146 Å². The number of anilines is 1. The summed E-state index contributed by atoms with van der Waals surface area (Å²) < 4.78 is 5.77. The molecular weight excluding hydrogens is 615 g/mol. The predicted octanol–water partition coefficient (Wildman–Crippen LogP) is 4.34. The molecule has 8 atom stereocenters. The van der Waals surface area contributed by atoms with Crippen molar-refractivity contribution in [2.45, 2.75) is 49.4 Å². The second kappa shape index (κ2) is 11.2. The van der Waals surface area contributed by atoms with E-state index in [2.05, 4.69) is 10.3 Å². The van der Waals surface area contributed by atoms with Crippen LogP contribution in [-0.2, 0) is 19.2 Å². The number of thioether (sulfide) groups is 1. The molecule has 3 aromatic rings. The van der Waals surface area contributed by atoms with E-state index >= 15 is 0 Å². The number of thiazole rings is 1. The number of likely N-dealkylation sites (tertiary alicyclic amines) is 1. The average molecular weight is 648 g/mol. The zero-order chi connectivity index (χ0) is 31.7. The van der Waals surface area contributed by atoms with Crippen LogP contribution in [0.1, 0.15) is 42.2 Å². The van der Waals surface area contributed by atoms with Crippen LogP contribution in [0.4, 0.5) is 5.69 Å². The molecule has 1 saturated heterocycles. The zero-order valence-corrected chi connectivity index (χ0v) is 26.5. The number of imide groups is 1. The van der Waals surface area contributed by atoms with E-state index in [-0.39, 0.29) is 58.1 Å². The highest BCUT2D eigenvalue weighted by molar-refractivity contribution is 8.00. The van der Waals surface area contributed by atoms with Gasteiger partial charge in [-0.3, -0.25) is 24.1 Å². The van der Waals surface area contributed by atoms with Crippen LogP contribution in [0.3, 0.4) is 0 Å². The van der Waals surface area contributed by atoms with Gasteiger partial charge in [-0.25, -0.2) is 4.79 Å². The van der Waals surface area contributed by atoms with Crippen molar-refractivity contribution in [2.24, 2.45) is 35.5 Å². The molecule has 2 aliphatic heterocycles. The van der Waals surface area contributed by atoms with E-state index in [1.54, 1.807) is 25.6 Å². The first-order chi connectivity index (χ1) is 21.5. The van der Waals surface area contributed by atoms with Crippen LogP contribution in [-0.4, -0.2) is 56.6 Å². The lowest BCUT2D eigenvalue weighted by molar-refractivity contribution is -0.157. The Kier molecular flexibility index (Phi) is 7.39. The number of rotatable bonds is 8. The molecule has 2 aromatic carbocycles. The van der Waals surface area contributed by atoms with E-state index in [4.69, 9.17) is 4.74 Å². The van der Waals surface area contributed by atoms with Gasteiger partial charge in [-0.2, -0.15) is 0 Å². The fraction of sp³-hybridized carbons (Fsp3) is 0.424. The van der Waals surface area contributed by atoms with Crippen molar-refractivity contribution in [1.82, 2.24) is 9.88 Å². The van der Waals surface area contributed by atoms with E-state index in [9.17, 15) is 29.1 Å². The molecule has 2 bridgehead atoms. The number of nitrogens with one attached hydrogen (secondary N) is 2. The van der Waals surface area contributed by atoms with Gasteiger partial charge >= 0.3 is 10.8 Å². The van der Waals surface area contributed by atoms with Gasteiger partial charge in [-0.05, 0) is 72.4 Å². The second-order valence-corrected chi connectivity index (χ2v) is 15.0. The SMILES string of the molecule is Cc1cccc(NC(=O)COc2ccc([C@H]3c4sc(=O)[nH]c4SC4C5CC(C6C(=O)N(C(C(=O)O)C(C)C)C(=O)C56)C43)cc2)c1. The smallest absolute Gasteiger partial charge is 0.327 e. The van der Waals surface area contributed by atoms with Gasteiger partial charge in [0.25, 0.3) is 5.91 Å². The number of carboxylic acid groups (broad SMARTS) is 1. The largest absolute Gasteiger partial charge is 0.484 e. The van der Waals surface area contributed by atoms with Crippen LogP contribution in [0, 0.1) is 42.4 Å². The normalized spacial score (nSPS) is 28.5. The van der Waals surface area contributed by atoms with Gasteiger partial charge in [0, 0.05) is 21.7 Å². The van der Waals surface area contributed by atoms with Crippen molar-refractivity contribution in [1.29, 1.82) is 0 Å². The number of aliphatic carboxylic acids is 1. The Morgan fingerprint density at radius 2 is 1.78 bits per heavy atom. The minimum atomic E-state index is -1.19. The van der Waals surface area contributed by atoms with Crippen molar-refractivity contribution in [2.75, 3.05) is 11.9 Å². The fourth-order valence-electron chi connectivity index (χ4n) is 8.22. The van der Waals surface area contributed by atoms with Gasteiger partial charge < -0.3 is 20.1 Å². The van der Waals surface area contributed by atoms with Gasteiger partial charge in [0.2, 0.25) is 11.8 Å². The van der Waals surface area contributed by atoms with Crippen molar-refractivity contribution >= 4 is 52.5 Å². The molecule has 45 heavy (non-hydrogen) atoms. The first kappa shape index (κ1) is 29.8. The second-order valence-electron chi connectivity index (χ2n) is 12.8. The zero-order valence-electron chi connectivity index (χ0n) is 24.9. The molecule has 3 fully saturated rings. The highest BCUT2D eigenvalue weighted by Gasteiger charge is 2.70. The van der Waals surface area contributed by atoms with Crippen molar-refractivity contribution in [3.05, 3.63) is 74.2 Å². The lowest BCUT2D eigenvalue weighted by Crippen LogP contribution is -2.49. The number of fused-ring (bicyclic) bond motifs is 9. The molecule has 3 heterocycles. The highest BCUT2D eigenvalue weighted by Crippen LogP contribution is 2.68. The molecular formula is C33H33N3O7S2. The lowest BCUT2D eigenvalue weighted by atomic mass is 9.68. The molecule has 2 aliphatic carbocycles. The predicted molar refractivity (Wildman–Crippen MR) is 168 cm³/mol. The molecule has 3 amide bonds. The number of benzene rings is 2. The molecule has 0 spiro atoms. The minimum absolute atomic E-state index is 0.000672. The summed E-state index contributed by atoms with van der Waals surface area (Å²) in [6.07, 6.45) is 0.718. The van der Waals surface area contributed by atoms with E-state index in [1.807, 2.05) is 55.5 Å². The number of nitrogens with zero attached hydrogens (tertiary/aromatic N) is 1. The number of aromatic amines is 1. The van der Waals surface area contributed by atoms with Crippen molar-refractivity contribution < 1.29 is 29.0 Å². The third kappa shape index (κ3) is 4.89. The molecule has 2 saturated carbocycles. The van der Waals surface area contributed by atoms with Gasteiger partial charge in [0.15, 0.2) is 6.61 Å². The Bertz CT molecular complexity index is 1770. The summed E-state index contributed by atoms with van der Waals surface area (Å²) in [6, 6.07) is 13.8. The average Bonchev–Trinajstić information content (AvgIpc) is 3.72. The van der Waals surface area contributed by atoms with Crippen LogP contribution in [0.2, 0.25) is 0 Å². The summed E-state index contributed by atoms with van der Waals surface area (Å²) in [6.45, 7) is 5.22. The Balaban J connectivity index is 1.14. The number of ether oxygens (including phenoxy) is 1. The summed E-state index contributed by atoms with van der Waals surface area (Å²) in [5.74, 6) is -3.56. The van der Waals surface area contributed by atoms with Gasteiger partial charge in [0.05, 0.1) is 16.9 Å². The molecule has 12 heteroatoms. The van der Waals surface area contributed by atoms with Crippen LogP contribution in [0.5, 0.6) is 5.75 Å². The summed E-state index contributed by atoms with van der Waals surface area (Å²) in [4.78, 5) is 69.5. The number of H-pyrrole nitrogens is 1. The van der Waals surface area contributed by atoms with E-state index < -0.39 is 29.8 Å². The molecule has 3 N–H and O–H groups in total. The quantitative estimate of drug-likeness (QED) is 0.306. The van der Waals surface area contributed by atoms with Gasteiger partial charge in [-0.1, -0.05) is 49.4 Å². The maximum absolute atomic E-state index is 13.8. The Hall–Kier alpha value is -3.90. The van der Waals surface area contributed by atoms with Crippen LogP contribution in [0.25, 0.3) is 0 Å². The van der Waals surface area contributed by atoms with E-state index in [0.717, 1.165) is 32.4 Å². The minimum Gasteiger partial charge on any atom is -0.484 e. The van der Waals surface area contributed by atoms with E-state index in [1.165, 1.54) is 11.3 Å². The van der Waals surface area contributed by atoms with Crippen LogP contribution >= 0.6 is 23.1 Å². The number of hydrogen-bond acceptors (Lipinski definition) is 8. The standard InChI is InChI=1S/C33H33N3O7S2/c1-14(2)26(32(40)41)36-30(38)24-19-12-20(25(24)31(36)39)27-23(19)22(28-29(44-27)35-33(42)45-28)16-7-9-18(10-8-16)43-13-21(37)34-17-6-4-5-15(3)11-17/h4-11,14,19-20,22-27H,12-13H2,1-3H3,(H,34,37)(H,35,42)(H,40,41)/t19?,20?,22-,23?,24?,25?,26?,27?/m1/s1. The first-order valence-corrected chi connectivity index (χ1v) is 16.8. The Morgan fingerprint density at radius 3 is 2.44 bits per heavy atom. The summed E-state index contributed by atoms with van der Waals surface area (Å²) in [5.41, 5.74) is 2.70. The molecule has 7 unspecified atom stereocenters. The van der Waals surface area contributed by atoms with E-state index in [0.29, 0.717) is 11.4 Å². The monoisotopic (exact) mass is 647 g/mol. The molecule has 1 aromatic heterocycles. The first-order valence-electron chi connectivity index (χ1n) is 15.1. The van der Waals surface area contributed by atoms with Crippen LogP contribution in [0.15, 0.2) is 58.4 Å². The molecule has 4 aliphatic rings. The molecule has 0 radical (unpaired) electrons. The van der Waals surface area contributed by atoms with Crippen molar-refractivity contribution in [3.63, 3.8) is 0 Å². The Morgan fingerprint density at radius 1 is 1.07 bits per heavy atom. The maximum atomic E-state index is 13.8. The third-order valence-corrected chi connectivity index (χ3v) is 12.4. The molecule has 7 rings (SSSR count). The Labute approximate surface area is 267 Å². The third-order valence-electron chi connectivity index (χ3n) is 9.83. The number of carbonyl (C=O) groups excluding carboxylic acids is 3. The van der Waals surface area contributed by atoms with Gasteiger partial charge in [0.1, 0.15) is 11.8 Å².